The van der Waals surface area contributed by atoms with Crippen LogP contribution in [0.2, 0.25) is 0 Å². The van der Waals surface area contributed by atoms with Crippen LogP contribution in [-0.4, -0.2) is 37.1 Å². The average molecular weight is 321 g/mol. The maximum absolute atomic E-state index is 14.4. The maximum Gasteiger partial charge on any atom is 0.407 e. The third-order valence-corrected chi connectivity index (χ3v) is 4.53. The minimum atomic E-state index is -1.38. The molecule has 7 nitrogen and oxygen atoms in total. The van der Waals surface area contributed by atoms with E-state index >= 15 is 0 Å². The summed E-state index contributed by atoms with van der Waals surface area (Å²) in [5, 5.41) is 2.45. The van der Waals surface area contributed by atoms with Crippen LogP contribution in [0.3, 0.4) is 0 Å². The zero-order valence-electron chi connectivity index (χ0n) is 12.5. The van der Waals surface area contributed by atoms with Gasteiger partial charge in [-0.25, -0.2) is 9.18 Å². The summed E-state index contributed by atoms with van der Waals surface area (Å²) >= 11 is 0. The molecule has 2 atom stereocenters. The Hall–Kier alpha value is -2.64. The van der Waals surface area contributed by atoms with Gasteiger partial charge in [-0.1, -0.05) is 6.07 Å². The van der Waals surface area contributed by atoms with Crippen LogP contribution in [0.15, 0.2) is 18.2 Å². The van der Waals surface area contributed by atoms with Gasteiger partial charge >= 0.3 is 6.09 Å². The number of cyclic esters (lactones) is 1. The predicted octanol–water partition coefficient (Wildman–Crippen LogP) is 0.414. The standard InChI is InChI=1S/C15H16FN3O4/c1-15(13(17)21,11-7-18-14(22)23-11)8-2-3-10(9(16)6-8)19-5-4-12(19)20/h2-3,6,11H,4-5,7H2,1H3,(H2,17,21)(H,18,22). The molecule has 3 rings (SSSR count). The van der Waals surface area contributed by atoms with Gasteiger partial charge in [0.25, 0.3) is 0 Å². The molecule has 2 saturated heterocycles. The van der Waals surface area contributed by atoms with Crippen molar-refractivity contribution in [1.82, 2.24) is 5.32 Å². The number of β-lactam (4-membered cyclic amide) rings is 1. The van der Waals surface area contributed by atoms with Gasteiger partial charge in [-0.3, -0.25) is 9.59 Å². The van der Waals surface area contributed by atoms with Gasteiger partial charge in [-0.15, -0.1) is 0 Å². The summed E-state index contributed by atoms with van der Waals surface area (Å²) < 4.78 is 19.5. The van der Waals surface area contributed by atoms with E-state index in [4.69, 9.17) is 10.5 Å². The van der Waals surface area contributed by atoms with Crippen molar-refractivity contribution in [3.8, 4) is 0 Å². The molecule has 0 aromatic heterocycles. The molecule has 0 spiro atoms. The van der Waals surface area contributed by atoms with Crippen molar-refractivity contribution < 1.29 is 23.5 Å². The molecule has 2 unspecified atom stereocenters. The van der Waals surface area contributed by atoms with E-state index in [1.807, 2.05) is 0 Å². The fraction of sp³-hybridized carbons (Fsp3) is 0.400. The Morgan fingerprint density at radius 3 is 2.65 bits per heavy atom. The average Bonchev–Trinajstić information content (AvgIpc) is 2.93. The van der Waals surface area contributed by atoms with E-state index in [0.29, 0.717) is 18.5 Å². The Balaban J connectivity index is 1.97. The number of hydrogen-bond donors (Lipinski definition) is 2. The van der Waals surface area contributed by atoms with Gasteiger partial charge in [-0.2, -0.15) is 0 Å². The van der Waals surface area contributed by atoms with E-state index in [1.54, 1.807) is 0 Å². The van der Waals surface area contributed by atoms with Crippen molar-refractivity contribution in [1.29, 1.82) is 0 Å². The first-order valence-electron chi connectivity index (χ1n) is 7.19. The number of carbonyl (C=O) groups is 3. The first-order valence-corrected chi connectivity index (χ1v) is 7.19. The summed E-state index contributed by atoms with van der Waals surface area (Å²) in [6.45, 7) is 2.07. The predicted molar refractivity (Wildman–Crippen MR) is 78.2 cm³/mol. The fourth-order valence-electron chi connectivity index (χ4n) is 2.82. The molecular formula is C15H16FN3O4. The van der Waals surface area contributed by atoms with Crippen LogP contribution in [0.1, 0.15) is 18.9 Å². The highest BCUT2D eigenvalue weighted by atomic mass is 19.1. The molecule has 2 aliphatic heterocycles. The molecule has 0 saturated carbocycles. The van der Waals surface area contributed by atoms with Gasteiger partial charge in [0.15, 0.2) is 0 Å². The number of alkyl carbamates (subject to hydrolysis) is 1. The first-order chi connectivity index (χ1) is 10.8. The van der Waals surface area contributed by atoms with Gasteiger partial charge < -0.3 is 20.7 Å². The third-order valence-electron chi connectivity index (χ3n) is 4.53. The number of rotatable bonds is 4. The number of hydrogen-bond acceptors (Lipinski definition) is 4. The highest BCUT2D eigenvalue weighted by Crippen LogP contribution is 2.34. The lowest BCUT2D eigenvalue weighted by atomic mass is 9.76. The van der Waals surface area contributed by atoms with Gasteiger partial charge in [0.1, 0.15) is 17.3 Å². The van der Waals surface area contributed by atoms with Crippen LogP contribution in [0.5, 0.6) is 0 Å². The van der Waals surface area contributed by atoms with Crippen molar-refractivity contribution in [3.05, 3.63) is 29.6 Å². The highest BCUT2D eigenvalue weighted by Gasteiger charge is 2.47. The zero-order valence-corrected chi connectivity index (χ0v) is 12.5. The van der Waals surface area contributed by atoms with Crippen LogP contribution in [0.25, 0.3) is 0 Å². The largest absolute Gasteiger partial charge is 0.443 e. The lowest BCUT2D eigenvalue weighted by Crippen LogP contribution is -2.50. The fourth-order valence-corrected chi connectivity index (χ4v) is 2.82. The second-order valence-corrected chi connectivity index (χ2v) is 5.80. The Bertz CT molecular complexity index is 708. The number of halogens is 1. The van der Waals surface area contributed by atoms with E-state index < -0.39 is 29.3 Å². The highest BCUT2D eigenvalue weighted by molar-refractivity contribution is 5.99. The van der Waals surface area contributed by atoms with Gasteiger partial charge in [0.05, 0.1) is 12.2 Å². The molecule has 1 aromatic rings. The summed E-state index contributed by atoms with van der Waals surface area (Å²) in [7, 11) is 0. The van der Waals surface area contributed by atoms with Crippen LogP contribution in [-0.2, 0) is 19.7 Å². The number of amides is 3. The Kier molecular flexibility index (Phi) is 3.46. The van der Waals surface area contributed by atoms with Crippen LogP contribution >= 0.6 is 0 Å². The summed E-state index contributed by atoms with van der Waals surface area (Å²) in [4.78, 5) is 36.0. The van der Waals surface area contributed by atoms with Gasteiger partial charge in [0, 0.05) is 13.0 Å². The molecule has 0 aliphatic carbocycles. The molecule has 3 N–H and O–H groups in total. The van der Waals surface area contributed by atoms with E-state index in [2.05, 4.69) is 5.32 Å². The van der Waals surface area contributed by atoms with Gasteiger partial charge in [-0.05, 0) is 24.6 Å². The third kappa shape index (κ3) is 2.30. The number of nitrogens with one attached hydrogen (secondary N) is 1. The smallest absolute Gasteiger partial charge is 0.407 e. The summed E-state index contributed by atoms with van der Waals surface area (Å²) in [6.07, 6.45) is -1.08. The molecule has 2 aliphatic rings. The molecule has 122 valence electrons. The first kappa shape index (κ1) is 15.3. The number of nitrogens with two attached hydrogens (primary N) is 1. The second-order valence-electron chi connectivity index (χ2n) is 5.80. The van der Waals surface area contributed by atoms with Crippen LogP contribution in [0.4, 0.5) is 14.9 Å². The molecular weight excluding hydrogens is 305 g/mol. The molecule has 3 amide bonds. The topological polar surface area (TPSA) is 102 Å². The van der Waals surface area contributed by atoms with E-state index in [1.165, 1.54) is 24.0 Å². The number of nitrogens with zero attached hydrogens (tertiary/aromatic N) is 1. The number of carbonyl (C=O) groups excluding carboxylic acids is 3. The number of primary amides is 1. The van der Waals surface area contributed by atoms with Crippen molar-refractivity contribution in [2.75, 3.05) is 18.0 Å². The molecule has 2 heterocycles. The quantitative estimate of drug-likeness (QED) is 0.784. The van der Waals surface area contributed by atoms with Gasteiger partial charge in [0.2, 0.25) is 11.8 Å². The monoisotopic (exact) mass is 321 g/mol. The second kappa shape index (κ2) is 5.22. The summed E-state index contributed by atoms with van der Waals surface area (Å²) in [6, 6.07) is 4.13. The maximum atomic E-state index is 14.4. The molecule has 2 fully saturated rings. The van der Waals surface area contributed by atoms with Crippen molar-refractivity contribution in [2.24, 2.45) is 5.73 Å². The normalized spacial score (nSPS) is 22.9. The summed E-state index contributed by atoms with van der Waals surface area (Å²) in [5.74, 6) is -1.50. The van der Waals surface area contributed by atoms with E-state index in [9.17, 15) is 18.8 Å². The van der Waals surface area contributed by atoms with Crippen LogP contribution < -0.4 is 16.0 Å². The SMILES string of the molecule is CC(C(N)=O)(c1ccc(N2CCC2=O)c(F)c1)C1CNC(=O)O1. The zero-order chi connectivity index (χ0) is 16.8. The Morgan fingerprint density at radius 2 is 2.22 bits per heavy atom. The molecule has 8 heteroatoms. The Labute approximate surface area is 131 Å². The number of ether oxygens (including phenoxy) is 1. The number of benzene rings is 1. The molecule has 23 heavy (non-hydrogen) atoms. The summed E-state index contributed by atoms with van der Waals surface area (Å²) in [5.41, 5.74) is 4.57. The Morgan fingerprint density at radius 1 is 1.48 bits per heavy atom. The van der Waals surface area contributed by atoms with Crippen molar-refractivity contribution >= 4 is 23.6 Å². The molecule has 1 aromatic carbocycles. The van der Waals surface area contributed by atoms with Crippen LogP contribution in [0, 0.1) is 5.82 Å². The lowest BCUT2D eigenvalue weighted by molar-refractivity contribution is -0.126. The van der Waals surface area contributed by atoms with E-state index in [-0.39, 0.29) is 18.1 Å². The minimum Gasteiger partial charge on any atom is -0.443 e. The number of anilines is 1. The van der Waals surface area contributed by atoms with Crippen molar-refractivity contribution in [3.63, 3.8) is 0 Å². The lowest BCUT2D eigenvalue weighted by Gasteiger charge is -2.33. The molecule has 0 radical (unpaired) electrons. The minimum absolute atomic E-state index is 0.103. The van der Waals surface area contributed by atoms with E-state index in [0.717, 1.165) is 6.07 Å². The molecule has 0 bridgehead atoms. The van der Waals surface area contributed by atoms with Crippen molar-refractivity contribution in [2.45, 2.75) is 24.9 Å².